The van der Waals surface area contributed by atoms with Gasteiger partial charge in [0.1, 0.15) is 5.75 Å². The van der Waals surface area contributed by atoms with Gasteiger partial charge in [0, 0.05) is 15.4 Å². The van der Waals surface area contributed by atoms with Gasteiger partial charge in [-0.25, -0.2) is 13.4 Å². The number of rotatable bonds is 7. The molecule has 1 amide bonds. The van der Waals surface area contributed by atoms with Gasteiger partial charge in [0.05, 0.1) is 29.0 Å². The summed E-state index contributed by atoms with van der Waals surface area (Å²) in [5, 5.41) is 5.00. The smallest absolute Gasteiger partial charge is 0.261 e. The van der Waals surface area contributed by atoms with E-state index in [0.29, 0.717) is 10.9 Å². The molecule has 0 aliphatic rings. The summed E-state index contributed by atoms with van der Waals surface area (Å²) in [7, 11) is -2.40. The number of hydrogen-bond donors (Lipinski definition) is 2. The molecule has 4 rings (SSSR count). The Morgan fingerprint density at radius 3 is 2.39 bits per heavy atom. The molecule has 0 spiro atoms. The van der Waals surface area contributed by atoms with E-state index in [0.717, 1.165) is 15.7 Å². The molecule has 0 fully saturated rings. The first-order valence-corrected chi connectivity index (χ1v) is 12.8. The van der Waals surface area contributed by atoms with Crippen LogP contribution in [0, 0.1) is 0 Å². The van der Waals surface area contributed by atoms with E-state index in [1.54, 1.807) is 30.3 Å². The molecule has 0 saturated heterocycles. The zero-order chi connectivity index (χ0) is 23.4. The van der Waals surface area contributed by atoms with E-state index in [2.05, 4.69) is 31.0 Å². The number of aromatic nitrogens is 1. The topological polar surface area (TPSA) is 97.4 Å². The molecule has 0 atom stereocenters. The first-order chi connectivity index (χ1) is 15.9. The number of carbonyl (C=O) groups is 1. The predicted molar refractivity (Wildman–Crippen MR) is 133 cm³/mol. The van der Waals surface area contributed by atoms with Crippen molar-refractivity contribution in [3.8, 4) is 17.0 Å². The molecule has 33 heavy (non-hydrogen) atoms. The number of nitrogens with zero attached hydrogens (tertiary/aromatic N) is 1. The van der Waals surface area contributed by atoms with E-state index >= 15 is 0 Å². The number of amides is 1. The number of sulfonamides is 1. The summed E-state index contributed by atoms with van der Waals surface area (Å²) in [6.07, 6.45) is 0. The first-order valence-electron chi connectivity index (χ1n) is 9.64. The van der Waals surface area contributed by atoms with Crippen molar-refractivity contribution >= 4 is 54.0 Å². The second kappa shape index (κ2) is 9.74. The summed E-state index contributed by atoms with van der Waals surface area (Å²) in [4.78, 5) is 17.4. The number of ether oxygens (including phenoxy) is 1. The van der Waals surface area contributed by atoms with Crippen LogP contribution in [-0.2, 0) is 10.0 Å². The van der Waals surface area contributed by atoms with E-state index in [4.69, 9.17) is 4.74 Å². The molecule has 3 aromatic carbocycles. The molecule has 1 aromatic heterocycles. The molecule has 0 bridgehead atoms. The average molecular weight is 544 g/mol. The van der Waals surface area contributed by atoms with E-state index in [-0.39, 0.29) is 16.1 Å². The number of hydrogen-bond acceptors (Lipinski definition) is 6. The highest BCUT2D eigenvalue weighted by Crippen LogP contribution is 2.27. The van der Waals surface area contributed by atoms with Crippen molar-refractivity contribution < 1.29 is 17.9 Å². The van der Waals surface area contributed by atoms with E-state index in [9.17, 15) is 13.2 Å². The Bertz CT molecular complexity index is 1390. The van der Waals surface area contributed by atoms with Crippen molar-refractivity contribution in [2.24, 2.45) is 0 Å². The van der Waals surface area contributed by atoms with Crippen LogP contribution in [0.2, 0.25) is 0 Å². The highest BCUT2D eigenvalue weighted by Gasteiger charge is 2.19. The van der Waals surface area contributed by atoms with Crippen molar-refractivity contribution in [1.82, 2.24) is 4.98 Å². The SMILES string of the molecule is COc1ccc(S(=O)(=O)Nc2ccccc2C(=O)Nc2nc(-c3ccc(Br)cc3)cs2)cc1. The lowest BCUT2D eigenvalue weighted by Gasteiger charge is -2.12. The van der Waals surface area contributed by atoms with Gasteiger partial charge >= 0.3 is 0 Å². The van der Waals surface area contributed by atoms with Crippen LogP contribution in [-0.4, -0.2) is 26.4 Å². The van der Waals surface area contributed by atoms with Gasteiger partial charge in [0.2, 0.25) is 0 Å². The Labute approximate surface area is 203 Å². The predicted octanol–water partition coefficient (Wildman–Crippen LogP) is 5.63. The number of halogens is 1. The average Bonchev–Trinajstić information content (AvgIpc) is 3.28. The normalized spacial score (nSPS) is 11.1. The number of thiazole rings is 1. The van der Waals surface area contributed by atoms with Crippen molar-refractivity contribution in [2.75, 3.05) is 17.1 Å². The third kappa shape index (κ3) is 5.41. The molecule has 7 nitrogen and oxygen atoms in total. The third-order valence-electron chi connectivity index (χ3n) is 4.65. The fourth-order valence-electron chi connectivity index (χ4n) is 2.98. The summed E-state index contributed by atoms with van der Waals surface area (Å²) in [6, 6.07) is 20.0. The number of methoxy groups -OCH3 is 1. The van der Waals surface area contributed by atoms with Crippen LogP contribution >= 0.6 is 27.3 Å². The van der Waals surface area contributed by atoms with Gasteiger partial charge in [0.15, 0.2) is 5.13 Å². The maximum absolute atomic E-state index is 12.9. The van der Waals surface area contributed by atoms with Crippen LogP contribution in [0.1, 0.15) is 10.4 Å². The van der Waals surface area contributed by atoms with E-state index < -0.39 is 15.9 Å². The Morgan fingerprint density at radius 2 is 1.70 bits per heavy atom. The van der Waals surface area contributed by atoms with Crippen molar-refractivity contribution in [2.45, 2.75) is 4.90 Å². The lowest BCUT2D eigenvalue weighted by Crippen LogP contribution is -2.18. The largest absolute Gasteiger partial charge is 0.497 e. The van der Waals surface area contributed by atoms with Gasteiger partial charge in [-0.3, -0.25) is 14.8 Å². The van der Waals surface area contributed by atoms with Crippen LogP contribution in [0.4, 0.5) is 10.8 Å². The maximum Gasteiger partial charge on any atom is 0.261 e. The van der Waals surface area contributed by atoms with E-state index in [1.807, 2.05) is 29.6 Å². The van der Waals surface area contributed by atoms with Crippen LogP contribution in [0.5, 0.6) is 5.75 Å². The summed E-state index contributed by atoms with van der Waals surface area (Å²) in [6.45, 7) is 0. The molecule has 1 heterocycles. The Morgan fingerprint density at radius 1 is 1.00 bits per heavy atom. The highest BCUT2D eigenvalue weighted by atomic mass is 79.9. The van der Waals surface area contributed by atoms with Crippen LogP contribution in [0.3, 0.4) is 0 Å². The molecule has 2 N–H and O–H groups in total. The molecule has 0 saturated carbocycles. The first kappa shape index (κ1) is 23.0. The quantitative estimate of drug-likeness (QED) is 0.314. The molecule has 10 heteroatoms. The standard InChI is InChI=1S/C23H18BrN3O4S2/c1-31-17-10-12-18(13-11-17)33(29,30)27-20-5-3-2-4-19(20)22(28)26-23-25-21(14-32-23)15-6-8-16(24)9-7-15/h2-14,27H,1H3,(H,25,26,28). The molecule has 0 unspecified atom stereocenters. The molecular formula is C23H18BrN3O4S2. The van der Waals surface area contributed by atoms with Crippen molar-refractivity contribution in [3.05, 3.63) is 88.2 Å². The number of anilines is 2. The summed E-state index contributed by atoms with van der Waals surface area (Å²) in [5.41, 5.74) is 1.99. The van der Waals surface area contributed by atoms with Gasteiger partial charge in [0.25, 0.3) is 15.9 Å². The number of carbonyl (C=O) groups excluding carboxylic acids is 1. The minimum absolute atomic E-state index is 0.0533. The third-order valence-corrected chi connectivity index (χ3v) is 7.32. The van der Waals surface area contributed by atoms with Crippen molar-refractivity contribution in [3.63, 3.8) is 0 Å². The molecule has 0 aliphatic carbocycles. The van der Waals surface area contributed by atoms with Crippen molar-refractivity contribution in [1.29, 1.82) is 0 Å². The van der Waals surface area contributed by atoms with E-state index in [1.165, 1.54) is 36.6 Å². The Balaban J connectivity index is 1.53. The van der Waals surface area contributed by atoms with Gasteiger partial charge < -0.3 is 4.74 Å². The number of para-hydroxylation sites is 1. The second-order valence-electron chi connectivity index (χ2n) is 6.83. The van der Waals surface area contributed by atoms with Gasteiger partial charge in [-0.15, -0.1) is 11.3 Å². The molecule has 0 aliphatic heterocycles. The van der Waals surface area contributed by atoms with Gasteiger partial charge in [-0.05, 0) is 48.5 Å². The summed E-state index contributed by atoms with van der Waals surface area (Å²) < 4.78 is 34.2. The maximum atomic E-state index is 12.9. The Kier molecular flexibility index (Phi) is 6.77. The Hall–Kier alpha value is -3.21. The summed E-state index contributed by atoms with van der Waals surface area (Å²) in [5.74, 6) is 0.0689. The van der Waals surface area contributed by atoms with Crippen LogP contribution in [0.25, 0.3) is 11.3 Å². The van der Waals surface area contributed by atoms with Gasteiger partial charge in [-0.2, -0.15) is 0 Å². The lowest BCUT2D eigenvalue weighted by molar-refractivity contribution is 0.102. The zero-order valence-corrected chi connectivity index (χ0v) is 20.5. The molecule has 168 valence electrons. The van der Waals surface area contributed by atoms with Crippen LogP contribution in [0.15, 0.2) is 87.5 Å². The minimum Gasteiger partial charge on any atom is -0.497 e. The fraction of sp³-hybridized carbons (Fsp3) is 0.0435. The molecule has 0 radical (unpaired) electrons. The monoisotopic (exact) mass is 543 g/mol. The van der Waals surface area contributed by atoms with Gasteiger partial charge in [-0.1, -0.05) is 40.2 Å². The molecule has 4 aromatic rings. The van der Waals surface area contributed by atoms with Crippen LogP contribution < -0.4 is 14.8 Å². The zero-order valence-electron chi connectivity index (χ0n) is 17.3. The fourth-order valence-corrected chi connectivity index (χ4v) is 5.04. The summed E-state index contributed by atoms with van der Waals surface area (Å²) >= 11 is 4.69. The number of nitrogens with one attached hydrogen (secondary N) is 2. The second-order valence-corrected chi connectivity index (χ2v) is 10.3. The minimum atomic E-state index is -3.91. The highest BCUT2D eigenvalue weighted by molar-refractivity contribution is 9.10. The number of benzene rings is 3. The lowest BCUT2D eigenvalue weighted by atomic mass is 10.2. The molecular weight excluding hydrogens is 526 g/mol.